The lowest BCUT2D eigenvalue weighted by atomic mass is 9.85. The maximum absolute atomic E-state index is 14.0. The Morgan fingerprint density at radius 1 is 1.35 bits per heavy atom. The molecule has 1 aliphatic rings. The Labute approximate surface area is 119 Å². The largest absolute Gasteiger partial charge is 0.369 e. The van der Waals surface area contributed by atoms with Crippen molar-refractivity contribution in [3.63, 3.8) is 0 Å². The highest BCUT2D eigenvalue weighted by molar-refractivity contribution is 6.34. The van der Waals surface area contributed by atoms with Gasteiger partial charge in [0.05, 0.1) is 5.39 Å². The molecule has 1 fully saturated rings. The number of halogens is 2. The number of amides is 1. The first kappa shape index (κ1) is 13.3. The van der Waals surface area contributed by atoms with Gasteiger partial charge in [-0.25, -0.2) is 14.4 Å². The molecule has 1 saturated carbocycles. The van der Waals surface area contributed by atoms with Crippen molar-refractivity contribution in [2.45, 2.75) is 31.7 Å². The maximum Gasteiger partial charge on any atom is 0.220 e. The molecule has 0 radical (unpaired) electrons. The van der Waals surface area contributed by atoms with E-state index in [4.69, 9.17) is 17.3 Å². The van der Waals surface area contributed by atoms with E-state index in [1.807, 2.05) is 0 Å². The molecule has 3 rings (SSSR count). The van der Waals surface area contributed by atoms with Crippen LogP contribution in [0.4, 0.5) is 4.39 Å². The lowest BCUT2D eigenvalue weighted by molar-refractivity contribution is -0.122. The lowest BCUT2D eigenvalue weighted by Crippen LogP contribution is -2.28. The van der Waals surface area contributed by atoms with E-state index in [0.29, 0.717) is 5.65 Å². The molecular weight excluding hydrogens is 283 g/mol. The number of aromatic nitrogens is 3. The smallest absolute Gasteiger partial charge is 0.220 e. The summed E-state index contributed by atoms with van der Waals surface area (Å²) in [7, 11) is 0. The standard InChI is InChI=1S/C13H14ClFN4O/c14-11-10-9(15)5-19(13(10)18-6-17-11)8-3-1-7(2-4-8)12(16)20/h5-8H,1-4H2,(H2,16,20). The second kappa shape index (κ2) is 5.01. The van der Waals surface area contributed by atoms with Crippen LogP contribution in [0.1, 0.15) is 31.7 Å². The first-order valence-corrected chi connectivity index (χ1v) is 6.91. The highest BCUT2D eigenvalue weighted by Crippen LogP contribution is 2.35. The molecule has 20 heavy (non-hydrogen) atoms. The van der Waals surface area contributed by atoms with Crippen molar-refractivity contribution in [3.05, 3.63) is 23.5 Å². The van der Waals surface area contributed by atoms with Crippen LogP contribution in [0.15, 0.2) is 12.5 Å². The fourth-order valence-electron chi connectivity index (χ4n) is 2.92. The third-order valence-corrected chi connectivity index (χ3v) is 4.30. The summed E-state index contributed by atoms with van der Waals surface area (Å²) in [5, 5.41) is 0.378. The summed E-state index contributed by atoms with van der Waals surface area (Å²) in [6.45, 7) is 0. The minimum absolute atomic E-state index is 0.0730. The molecular formula is C13H14ClFN4O. The van der Waals surface area contributed by atoms with Crippen molar-refractivity contribution in [1.29, 1.82) is 0 Å². The van der Waals surface area contributed by atoms with Crippen LogP contribution in [0.2, 0.25) is 5.15 Å². The Hall–Kier alpha value is -1.69. The molecule has 2 aromatic rings. The molecule has 0 spiro atoms. The number of hydrogen-bond donors (Lipinski definition) is 1. The van der Waals surface area contributed by atoms with Crippen LogP contribution in [0.25, 0.3) is 11.0 Å². The SMILES string of the molecule is NC(=O)C1CCC(n2cc(F)c3c(Cl)ncnc32)CC1. The third kappa shape index (κ3) is 2.14. The fourth-order valence-corrected chi connectivity index (χ4v) is 3.14. The number of carbonyl (C=O) groups is 1. The molecule has 7 heteroatoms. The van der Waals surface area contributed by atoms with Crippen molar-refractivity contribution in [1.82, 2.24) is 14.5 Å². The van der Waals surface area contributed by atoms with E-state index in [9.17, 15) is 9.18 Å². The number of primary amides is 1. The number of rotatable bonds is 2. The molecule has 0 bridgehead atoms. The molecule has 1 aliphatic carbocycles. The van der Waals surface area contributed by atoms with Gasteiger partial charge >= 0.3 is 0 Å². The molecule has 2 aromatic heterocycles. The van der Waals surface area contributed by atoms with Gasteiger partial charge in [-0.1, -0.05) is 11.6 Å². The Bertz CT molecular complexity index is 664. The Morgan fingerprint density at radius 3 is 2.70 bits per heavy atom. The minimum Gasteiger partial charge on any atom is -0.369 e. The minimum atomic E-state index is -0.414. The van der Waals surface area contributed by atoms with Gasteiger partial charge in [-0.15, -0.1) is 0 Å². The Balaban J connectivity index is 1.92. The predicted molar refractivity (Wildman–Crippen MR) is 72.7 cm³/mol. The Morgan fingerprint density at radius 2 is 2.05 bits per heavy atom. The number of fused-ring (bicyclic) bond motifs is 1. The molecule has 0 aromatic carbocycles. The molecule has 5 nitrogen and oxygen atoms in total. The zero-order valence-electron chi connectivity index (χ0n) is 10.7. The Kier molecular flexibility index (Phi) is 3.33. The summed E-state index contributed by atoms with van der Waals surface area (Å²) in [5.41, 5.74) is 5.83. The average molecular weight is 297 g/mol. The molecule has 2 heterocycles. The van der Waals surface area contributed by atoms with E-state index in [1.165, 1.54) is 12.5 Å². The summed E-state index contributed by atoms with van der Waals surface area (Å²) >= 11 is 5.91. The van der Waals surface area contributed by atoms with Crippen molar-refractivity contribution >= 4 is 28.5 Å². The van der Waals surface area contributed by atoms with Gasteiger partial charge in [-0.05, 0) is 25.7 Å². The summed E-state index contributed by atoms with van der Waals surface area (Å²) in [6.07, 6.45) is 5.74. The third-order valence-electron chi connectivity index (χ3n) is 4.01. The molecule has 2 N–H and O–H groups in total. The number of hydrogen-bond acceptors (Lipinski definition) is 3. The zero-order chi connectivity index (χ0) is 14.3. The summed E-state index contributed by atoms with van der Waals surface area (Å²) < 4.78 is 15.8. The van der Waals surface area contributed by atoms with Crippen LogP contribution >= 0.6 is 11.6 Å². The van der Waals surface area contributed by atoms with Gasteiger partial charge in [-0.2, -0.15) is 0 Å². The summed E-state index contributed by atoms with van der Waals surface area (Å²) in [5.74, 6) is -0.740. The number of carbonyl (C=O) groups excluding carboxylic acids is 1. The van der Waals surface area contributed by atoms with Crippen molar-refractivity contribution in [2.75, 3.05) is 0 Å². The van der Waals surface area contributed by atoms with Gasteiger partial charge in [-0.3, -0.25) is 4.79 Å². The van der Waals surface area contributed by atoms with E-state index < -0.39 is 5.82 Å². The van der Waals surface area contributed by atoms with Crippen LogP contribution in [0.5, 0.6) is 0 Å². The summed E-state index contributed by atoms with van der Waals surface area (Å²) in [6, 6.07) is 0.114. The highest BCUT2D eigenvalue weighted by Gasteiger charge is 2.27. The van der Waals surface area contributed by atoms with Crippen LogP contribution in [0, 0.1) is 11.7 Å². The van der Waals surface area contributed by atoms with Gasteiger partial charge in [0, 0.05) is 18.2 Å². The molecule has 0 unspecified atom stereocenters. The maximum atomic E-state index is 14.0. The average Bonchev–Trinajstić information content (AvgIpc) is 2.77. The van der Waals surface area contributed by atoms with Crippen molar-refractivity contribution in [3.8, 4) is 0 Å². The monoisotopic (exact) mass is 296 g/mol. The molecule has 1 amide bonds. The molecule has 106 valence electrons. The second-order valence-corrected chi connectivity index (χ2v) is 5.51. The fraction of sp³-hybridized carbons (Fsp3) is 0.462. The lowest BCUT2D eigenvalue weighted by Gasteiger charge is -2.28. The summed E-state index contributed by atoms with van der Waals surface area (Å²) in [4.78, 5) is 19.1. The molecule has 0 atom stereocenters. The highest BCUT2D eigenvalue weighted by atomic mass is 35.5. The van der Waals surface area contributed by atoms with Gasteiger partial charge in [0.15, 0.2) is 5.82 Å². The van der Waals surface area contributed by atoms with E-state index >= 15 is 0 Å². The van der Waals surface area contributed by atoms with E-state index in [2.05, 4.69) is 9.97 Å². The normalized spacial score (nSPS) is 23.1. The van der Waals surface area contributed by atoms with Crippen LogP contribution in [0.3, 0.4) is 0 Å². The zero-order valence-corrected chi connectivity index (χ0v) is 11.5. The van der Waals surface area contributed by atoms with Gasteiger partial charge in [0.2, 0.25) is 5.91 Å². The van der Waals surface area contributed by atoms with E-state index in [1.54, 1.807) is 4.57 Å². The number of nitrogens with two attached hydrogens (primary N) is 1. The number of nitrogens with zero attached hydrogens (tertiary/aromatic N) is 3. The second-order valence-electron chi connectivity index (χ2n) is 5.16. The van der Waals surface area contributed by atoms with E-state index in [0.717, 1.165) is 25.7 Å². The van der Waals surface area contributed by atoms with Crippen LogP contribution in [-0.2, 0) is 4.79 Å². The van der Waals surface area contributed by atoms with Crippen LogP contribution in [-0.4, -0.2) is 20.4 Å². The van der Waals surface area contributed by atoms with Gasteiger partial charge in [0.1, 0.15) is 17.1 Å². The molecule has 0 aliphatic heterocycles. The first-order chi connectivity index (χ1) is 9.58. The predicted octanol–water partition coefficient (Wildman–Crippen LogP) is 2.44. The van der Waals surface area contributed by atoms with Gasteiger partial charge < -0.3 is 10.3 Å². The van der Waals surface area contributed by atoms with Crippen LogP contribution < -0.4 is 5.73 Å². The van der Waals surface area contributed by atoms with Crippen molar-refractivity contribution < 1.29 is 9.18 Å². The van der Waals surface area contributed by atoms with Crippen molar-refractivity contribution in [2.24, 2.45) is 11.7 Å². The topological polar surface area (TPSA) is 73.8 Å². The van der Waals surface area contributed by atoms with E-state index in [-0.39, 0.29) is 28.4 Å². The quantitative estimate of drug-likeness (QED) is 0.865. The molecule has 0 saturated heterocycles. The first-order valence-electron chi connectivity index (χ1n) is 6.53. The van der Waals surface area contributed by atoms with Gasteiger partial charge in [0.25, 0.3) is 0 Å².